The molecule has 136 valence electrons. The quantitative estimate of drug-likeness (QED) is 0.891. The van der Waals surface area contributed by atoms with Gasteiger partial charge >= 0.3 is 6.03 Å². The van der Waals surface area contributed by atoms with Crippen molar-refractivity contribution < 1.29 is 13.9 Å². The van der Waals surface area contributed by atoms with E-state index >= 15 is 0 Å². The molecule has 1 aromatic heterocycles. The standard InChI is InChI=1S/C20H22FN3O2/c1-2-26-19-13-15(7-10-22-19)14-23-20(25)24-11-8-17(9-12-24)16-3-5-18(21)6-4-16/h3-8,10,13H,2,9,11-12,14H2,1H3,(H,23,25). The molecule has 2 aromatic rings. The van der Waals surface area contributed by atoms with Crippen molar-refractivity contribution in [2.24, 2.45) is 0 Å². The fourth-order valence-electron chi connectivity index (χ4n) is 2.86. The van der Waals surface area contributed by atoms with Gasteiger partial charge in [-0.15, -0.1) is 0 Å². The summed E-state index contributed by atoms with van der Waals surface area (Å²) >= 11 is 0. The molecule has 6 heteroatoms. The summed E-state index contributed by atoms with van der Waals surface area (Å²) in [5, 5.41) is 2.92. The first-order valence-electron chi connectivity index (χ1n) is 8.71. The monoisotopic (exact) mass is 355 g/mol. The first kappa shape index (κ1) is 17.9. The number of hydrogen-bond acceptors (Lipinski definition) is 3. The lowest BCUT2D eigenvalue weighted by Gasteiger charge is -2.27. The van der Waals surface area contributed by atoms with Crippen molar-refractivity contribution in [2.75, 3.05) is 19.7 Å². The van der Waals surface area contributed by atoms with Gasteiger partial charge in [-0.25, -0.2) is 14.2 Å². The molecule has 1 aromatic carbocycles. The van der Waals surface area contributed by atoms with Crippen LogP contribution in [0.2, 0.25) is 0 Å². The van der Waals surface area contributed by atoms with Gasteiger partial charge in [-0.1, -0.05) is 18.2 Å². The molecule has 0 spiro atoms. The summed E-state index contributed by atoms with van der Waals surface area (Å²) in [5.74, 6) is 0.318. The third-order valence-corrected chi connectivity index (χ3v) is 4.25. The summed E-state index contributed by atoms with van der Waals surface area (Å²) in [4.78, 5) is 18.2. The molecule has 0 bridgehead atoms. The van der Waals surface area contributed by atoms with Crippen LogP contribution < -0.4 is 10.1 Å². The molecule has 3 rings (SSSR count). The van der Waals surface area contributed by atoms with Gasteiger partial charge in [-0.3, -0.25) is 0 Å². The van der Waals surface area contributed by atoms with Crippen molar-refractivity contribution in [1.29, 1.82) is 0 Å². The maximum absolute atomic E-state index is 13.0. The average molecular weight is 355 g/mol. The molecule has 0 radical (unpaired) electrons. The van der Waals surface area contributed by atoms with E-state index in [4.69, 9.17) is 4.74 Å². The highest BCUT2D eigenvalue weighted by Crippen LogP contribution is 2.22. The van der Waals surface area contributed by atoms with Crippen molar-refractivity contribution in [1.82, 2.24) is 15.2 Å². The Hall–Kier alpha value is -2.89. The Morgan fingerprint density at radius 1 is 1.31 bits per heavy atom. The Balaban J connectivity index is 1.53. The van der Waals surface area contributed by atoms with Gasteiger partial charge in [0.05, 0.1) is 6.61 Å². The highest BCUT2D eigenvalue weighted by atomic mass is 19.1. The molecule has 0 atom stereocenters. The zero-order valence-corrected chi connectivity index (χ0v) is 14.7. The predicted molar refractivity (Wildman–Crippen MR) is 98.2 cm³/mol. The maximum Gasteiger partial charge on any atom is 0.317 e. The average Bonchev–Trinajstić information content (AvgIpc) is 2.67. The number of carbonyl (C=O) groups excluding carboxylic acids is 1. The van der Waals surface area contributed by atoms with Crippen molar-refractivity contribution in [3.05, 3.63) is 65.6 Å². The number of benzene rings is 1. The predicted octanol–water partition coefficient (Wildman–Crippen LogP) is 3.62. The molecule has 0 unspecified atom stereocenters. The maximum atomic E-state index is 13.0. The summed E-state index contributed by atoms with van der Waals surface area (Å²) in [6.45, 7) is 4.06. The summed E-state index contributed by atoms with van der Waals surface area (Å²) in [5.41, 5.74) is 3.09. The van der Waals surface area contributed by atoms with Crippen LogP contribution in [-0.2, 0) is 6.54 Å². The van der Waals surface area contributed by atoms with Crippen LogP contribution in [0.3, 0.4) is 0 Å². The lowest BCUT2D eigenvalue weighted by atomic mass is 10.00. The number of urea groups is 1. The normalized spacial score (nSPS) is 13.9. The molecule has 1 aliphatic rings. The number of halogens is 1. The van der Waals surface area contributed by atoms with Crippen LogP contribution in [0, 0.1) is 5.82 Å². The summed E-state index contributed by atoms with van der Waals surface area (Å²) in [7, 11) is 0. The van der Waals surface area contributed by atoms with Gasteiger partial charge in [0.25, 0.3) is 0 Å². The van der Waals surface area contributed by atoms with Gasteiger partial charge in [0, 0.05) is 31.9 Å². The number of nitrogens with one attached hydrogen (secondary N) is 1. The second-order valence-corrected chi connectivity index (χ2v) is 6.03. The van der Waals surface area contributed by atoms with Crippen molar-refractivity contribution in [3.63, 3.8) is 0 Å². The second-order valence-electron chi connectivity index (χ2n) is 6.03. The van der Waals surface area contributed by atoms with Gasteiger partial charge in [-0.2, -0.15) is 0 Å². The molecular weight excluding hydrogens is 333 g/mol. The van der Waals surface area contributed by atoms with Crippen LogP contribution in [0.4, 0.5) is 9.18 Å². The van der Waals surface area contributed by atoms with Crippen molar-refractivity contribution in [2.45, 2.75) is 19.9 Å². The molecule has 1 N–H and O–H groups in total. The SMILES string of the molecule is CCOc1cc(CNC(=O)N2CC=C(c3ccc(F)cc3)CC2)ccn1. The van der Waals surface area contributed by atoms with Crippen LogP contribution >= 0.6 is 0 Å². The van der Waals surface area contributed by atoms with E-state index < -0.39 is 0 Å². The Bertz CT molecular complexity index is 790. The van der Waals surface area contributed by atoms with Gasteiger partial charge < -0.3 is 15.0 Å². The number of aromatic nitrogens is 1. The summed E-state index contributed by atoms with van der Waals surface area (Å²) < 4.78 is 18.4. The van der Waals surface area contributed by atoms with E-state index in [1.54, 1.807) is 23.2 Å². The van der Waals surface area contributed by atoms with Gasteiger partial charge in [0.1, 0.15) is 5.82 Å². The Labute approximate surface area is 152 Å². The number of ether oxygens (including phenoxy) is 1. The van der Waals surface area contributed by atoms with Gasteiger partial charge in [0.2, 0.25) is 5.88 Å². The van der Waals surface area contributed by atoms with Crippen LogP contribution in [-0.4, -0.2) is 35.6 Å². The largest absolute Gasteiger partial charge is 0.478 e. The Kier molecular flexibility index (Phi) is 5.84. The first-order chi connectivity index (χ1) is 12.7. The molecule has 5 nitrogen and oxygen atoms in total. The van der Waals surface area contributed by atoms with E-state index in [9.17, 15) is 9.18 Å². The second kappa shape index (κ2) is 8.47. The molecule has 1 aliphatic heterocycles. The van der Waals surface area contributed by atoms with E-state index in [0.717, 1.165) is 23.1 Å². The third kappa shape index (κ3) is 4.59. The van der Waals surface area contributed by atoms with E-state index in [2.05, 4.69) is 10.3 Å². The first-order valence-corrected chi connectivity index (χ1v) is 8.71. The smallest absolute Gasteiger partial charge is 0.317 e. The number of hydrogen-bond donors (Lipinski definition) is 1. The molecule has 0 aliphatic carbocycles. The third-order valence-electron chi connectivity index (χ3n) is 4.25. The molecule has 0 fully saturated rings. The highest BCUT2D eigenvalue weighted by Gasteiger charge is 2.17. The lowest BCUT2D eigenvalue weighted by molar-refractivity contribution is 0.202. The van der Waals surface area contributed by atoms with Crippen molar-refractivity contribution >= 4 is 11.6 Å². The zero-order chi connectivity index (χ0) is 18.4. The minimum atomic E-state index is -0.241. The zero-order valence-electron chi connectivity index (χ0n) is 14.7. The number of rotatable bonds is 5. The van der Waals surface area contributed by atoms with Gasteiger partial charge in [-0.05, 0) is 48.2 Å². The molecule has 0 saturated heterocycles. The molecule has 2 amide bonds. The van der Waals surface area contributed by atoms with E-state index in [0.29, 0.717) is 32.1 Å². The van der Waals surface area contributed by atoms with E-state index in [-0.39, 0.29) is 11.8 Å². The molecule has 2 heterocycles. The number of nitrogens with zero attached hydrogens (tertiary/aromatic N) is 2. The Morgan fingerprint density at radius 2 is 2.12 bits per heavy atom. The molecule has 26 heavy (non-hydrogen) atoms. The van der Waals surface area contributed by atoms with Crippen LogP contribution in [0.5, 0.6) is 5.88 Å². The van der Waals surface area contributed by atoms with Crippen LogP contribution in [0.25, 0.3) is 5.57 Å². The fraction of sp³-hybridized carbons (Fsp3) is 0.300. The number of amides is 2. The van der Waals surface area contributed by atoms with E-state index in [1.165, 1.54) is 12.1 Å². The summed E-state index contributed by atoms with van der Waals surface area (Å²) in [6, 6.07) is 10.0. The lowest BCUT2D eigenvalue weighted by Crippen LogP contribution is -2.41. The van der Waals surface area contributed by atoms with Crippen LogP contribution in [0.15, 0.2) is 48.7 Å². The van der Waals surface area contributed by atoms with Crippen LogP contribution in [0.1, 0.15) is 24.5 Å². The molecule has 0 saturated carbocycles. The summed E-state index contributed by atoms with van der Waals surface area (Å²) in [6.07, 6.45) is 4.45. The van der Waals surface area contributed by atoms with Crippen molar-refractivity contribution in [3.8, 4) is 5.88 Å². The van der Waals surface area contributed by atoms with Gasteiger partial charge in [0.15, 0.2) is 0 Å². The number of carbonyl (C=O) groups is 1. The Morgan fingerprint density at radius 3 is 2.81 bits per heavy atom. The fourth-order valence-corrected chi connectivity index (χ4v) is 2.86. The molecular formula is C20H22FN3O2. The topological polar surface area (TPSA) is 54.5 Å². The highest BCUT2D eigenvalue weighted by molar-refractivity contribution is 5.76. The van der Waals surface area contributed by atoms with E-state index in [1.807, 2.05) is 25.1 Å². The minimum absolute atomic E-state index is 0.103. The minimum Gasteiger partial charge on any atom is -0.478 e. The number of pyridine rings is 1.